The standard InChI is InChI=1S/C27H29N3O3S/c1-19-15-16-34-25(19)18-29(2)26(31)13-14-27(32)30-24(21-9-11-22(33-3)12-10-21)17-23(28-30)20-7-5-4-6-8-20/h4-12,15-16,24H,13-14,17-18H2,1-3H3/t24-/m0/s1. The highest BCUT2D eigenvalue weighted by Gasteiger charge is 2.33. The first-order valence-corrected chi connectivity index (χ1v) is 12.2. The maximum Gasteiger partial charge on any atom is 0.243 e. The van der Waals surface area contributed by atoms with E-state index in [0.717, 1.165) is 22.6 Å². The second-order valence-electron chi connectivity index (χ2n) is 8.42. The Kier molecular flexibility index (Phi) is 7.43. The maximum absolute atomic E-state index is 13.3. The number of amides is 2. The zero-order valence-electron chi connectivity index (χ0n) is 19.7. The first kappa shape index (κ1) is 23.7. The molecule has 3 aromatic rings. The van der Waals surface area contributed by atoms with E-state index < -0.39 is 0 Å². The molecule has 2 aromatic carbocycles. The normalized spacial score (nSPS) is 15.2. The van der Waals surface area contributed by atoms with Crippen LogP contribution < -0.4 is 4.74 Å². The minimum absolute atomic E-state index is 0.0476. The molecule has 1 atom stereocenters. The number of benzene rings is 2. The summed E-state index contributed by atoms with van der Waals surface area (Å²) in [5.41, 5.74) is 4.04. The molecule has 4 rings (SSSR count). The van der Waals surface area contributed by atoms with E-state index in [4.69, 9.17) is 9.84 Å². The van der Waals surface area contributed by atoms with Crippen molar-refractivity contribution in [1.82, 2.24) is 9.91 Å². The fraction of sp³-hybridized carbons (Fsp3) is 0.296. The molecule has 0 spiro atoms. The van der Waals surface area contributed by atoms with E-state index in [1.165, 1.54) is 10.4 Å². The van der Waals surface area contributed by atoms with Crippen LogP contribution in [0.5, 0.6) is 5.75 Å². The number of hydrogen-bond donors (Lipinski definition) is 0. The van der Waals surface area contributed by atoms with E-state index in [1.807, 2.05) is 66.9 Å². The number of nitrogens with zero attached hydrogens (tertiary/aromatic N) is 3. The van der Waals surface area contributed by atoms with Crippen molar-refractivity contribution in [3.05, 3.63) is 87.6 Å². The van der Waals surface area contributed by atoms with Gasteiger partial charge in [0.2, 0.25) is 11.8 Å². The summed E-state index contributed by atoms with van der Waals surface area (Å²) in [6.45, 7) is 2.60. The number of hydrazone groups is 1. The molecule has 34 heavy (non-hydrogen) atoms. The molecule has 0 aliphatic carbocycles. The Morgan fingerprint density at radius 2 is 1.82 bits per heavy atom. The molecule has 1 aromatic heterocycles. The van der Waals surface area contributed by atoms with Gasteiger partial charge in [0.1, 0.15) is 5.75 Å². The van der Waals surface area contributed by atoms with Crippen LogP contribution in [0.4, 0.5) is 0 Å². The Labute approximate surface area is 204 Å². The Morgan fingerprint density at radius 1 is 1.09 bits per heavy atom. The topological polar surface area (TPSA) is 62.2 Å². The molecule has 0 N–H and O–H groups in total. The van der Waals surface area contributed by atoms with Crippen molar-refractivity contribution in [2.75, 3.05) is 14.2 Å². The van der Waals surface area contributed by atoms with Crippen molar-refractivity contribution < 1.29 is 14.3 Å². The zero-order chi connectivity index (χ0) is 24.1. The van der Waals surface area contributed by atoms with Crippen molar-refractivity contribution in [3.8, 4) is 5.75 Å². The van der Waals surface area contributed by atoms with Crippen LogP contribution in [0.3, 0.4) is 0 Å². The van der Waals surface area contributed by atoms with Gasteiger partial charge in [0, 0.05) is 31.2 Å². The van der Waals surface area contributed by atoms with Gasteiger partial charge in [0.05, 0.1) is 25.4 Å². The fourth-order valence-corrected chi connectivity index (χ4v) is 4.98. The summed E-state index contributed by atoms with van der Waals surface area (Å²) in [6, 6.07) is 19.5. The van der Waals surface area contributed by atoms with Crippen LogP contribution in [0, 0.1) is 6.92 Å². The van der Waals surface area contributed by atoms with E-state index in [9.17, 15) is 9.59 Å². The third kappa shape index (κ3) is 5.37. The van der Waals surface area contributed by atoms with Crippen molar-refractivity contribution in [3.63, 3.8) is 0 Å². The van der Waals surface area contributed by atoms with E-state index in [-0.39, 0.29) is 30.7 Å². The maximum atomic E-state index is 13.3. The number of aryl methyl sites for hydroxylation is 1. The number of rotatable bonds is 8. The van der Waals surface area contributed by atoms with E-state index in [2.05, 4.69) is 6.07 Å². The third-order valence-electron chi connectivity index (χ3n) is 6.10. The second kappa shape index (κ2) is 10.7. The van der Waals surface area contributed by atoms with Crippen LogP contribution in [-0.2, 0) is 16.1 Å². The van der Waals surface area contributed by atoms with Gasteiger partial charge >= 0.3 is 0 Å². The lowest BCUT2D eigenvalue weighted by Crippen LogP contribution is -2.30. The minimum atomic E-state index is -0.213. The van der Waals surface area contributed by atoms with E-state index in [1.54, 1.807) is 35.4 Å². The summed E-state index contributed by atoms with van der Waals surface area (Å²) in [7, 11) is 3.42. The van der Waals surface area contributed by atoms with Gasteiger partial charge in [-0.15, -0.1) is 11.3 Å². The first-order chi connectivity index (χ1) is 16.5. The lowest BCUT2D eigenvalue weighted by Gasteiger charge is -2.23. The van der Waals surface area contributed by atoms with Crippen LogP contribution in [0.15, 0.2) is 71.1 Å². The number of thiophene rings is 1. The average molecular weight is 476 g/mol. The summed E-state index contributed by atoms with van der Waals surface area (Å²) in [4.78, 5) is 28.8. The zero-order valence-corrected chi connectivity index (χ0v) is 20.5. The molecule has 0 bridgehead atoms. The van der Waals surface area contributed by atoms with Gasteiger partial charge in [-0.1, -0.05) is 42.5 Å². The van der Waals surface area contributed by atoms with Crippen LogP contribution in [0.25, 0.3) is 0 Å². The summed E-state index contributed by atoms with van der Waals surface area (Å²) < 4.78 is 5.28. The highest BCUT2D eigenvalue weighted by molar-refractivity contribution is 7.10. The van der Waals surface area contributed by atoms with E-state index in [0.29, 0.717) is 13.0 Å². The number of hydrogen-bond acceptors (Lipinski definition) is 5. The largest absolute Gasteiger partial charge is 0.497 e. The van der Waals surface area contributed by atoms with Gasteiger partial charge < -0.3 is 9.64 Å². The van der Waals surface area contributed by atoms with Gasteiger partial charge in [-0.25, -0.2) is 5.01 Å². The predicted octanol–water partition coefficient (Wildman–Crippen LogP) is 5.18. The number of carbonyl (C=O) groups excluding carboxylic acids is 2. The molecule has 0 radical (unpaired) electrons. The Balaban J connectivity index is 1.47. The smallest absolute Gasteiger partial charge is 0.243 e. The first-order valence-electron chi connectivity index (χ1n) is 11.3. The van der Waals surface area contributed by atoms with Crippen molar-refractivity contribution in [2.24, 2.45) is 5.10 Å². The molecule has 0 saturated carbocycles. The lowest BCUT2D eigenvalue weighted by molar-refractivity contribution is -0.137. The van der Waals surface area contributed by atoms with Crippen molar-refractivity contribution in [1.29, 1.82) is 0 Å². The van der Waals surface area contributed by atoms with Gasteiger partial charge in [-0.2, -0.15) is 5.10 Å². The van der Waals surface area contributed by atoms with Crippen LogP contribution >= 0.6 is 11.3 Å². The molecular weight excluding hydrogens is 446 g/mol. The molecule has 2 heterocycles. The summed E-state index contributed by atoms with van der Waals surface area (Å²) in [5.74, 6) is 0.563. The van der Waals surface area contributed by atoms with Crippen molar-refractivity contribution in [2.45, 2.75) is 38.8 Å². The van der Waals surface area contributed by atoms with Gasteiger partial charge in [0.25, 0.3) is 0 Å². The van der Waals surface area contributed by atoms with E-state index >= 15 is 0 Å². The summed E-state index contributed by atoms with van der Waals surface area (Å²) in [5, 5.41) is 8.29. The monoisotopic (exact) mass is 475 g/mol. The fourth-order valence-electron chi connectivity index (χ4n) is 4.02. The molecule has 1 aliphatic rings. The lowest BCUT2D eigenvalue weighted by atomic mass is 9.98. The average Bonchev–Trinajstić information content (AvgIpc) is 3.49. The molecule has 7 heteroatoms. The predicted molar refractivity (Wildman–Crippen MR) is 135 cm³/mol. The third-order valence-corrected chi connectivity index (χ3v) is 7.11. The van der Waals surface area contributed by atoms with Crippen LogP contribution in [-0.4, -0.2) is 41.6 Å². The molecule has 176 valence electrons. The molecule has 0 unspecified atom stereocenters. The Hall–Kier alpha value is -3.45. The Bertz CT molecular complexity index is 1170. The molecule has 6 nitrogen and oxygen atoms in total. The molecule has 2 amide bonds. The SMILES string of the molecule is COc1ccc([C@@H]2CC(c3ccccc3)=NN2C(=O)CCC(=O)N(C)Cc2sccc2C)cc1. The number of methoxy groups -OCH3 is 1. The molecule has 0 saturated heterocycles. The molecule has 1 aliphatic heterocycles. The van der Waals surface area contributed by atoms with Gasteiger partial charge in [-0.05, 0) is 47.2 Å². The number of carbonyl (C=O) groups is 2. The quantitative estimate of drug-likeness (QED) is 0.451. The molecular formula is C27H29N3O3S. The highest BCUT2D eigenvalue weighted by atomic mass is 32.1. The molecule has 0 fully saturated rings. The minimum Gasteiger partial charge on any atom is -0.497 e. The van der Waals surface area contributed by atoms with Gasteiger partial charge in [-0.3, -0.25) is 9.59 Å². The van der Waals surface area contributed by atoms with Crippen molar-refractivity contribution >= 4 is 28.9 Å². The second-order valence-corrected chi connectivity index (χ2v) is 9.42. The number of ether oxygens (including phenoxy) is 1. The van der Waals surface area contributed by atoms with Gasteiger partial charge in [0.15, 0.2) is 0 Å². The van der Waals surface area contributed by atoms with Crippen LogP contribution in [0.2, 0.25) is 0 Å². The summed E-state index contributed by atoms with van der Waals surface area (Å²) in [6.07, 6.45) is 0.889. The Morgan fingerprint density at radius 3 is 2.47 bits per heavy atom. The van der Waals surface area contributed by atoms with Crippen LogP contribution in [0.1, 0.15) is 46.9 Å². The highest BCUT2D eigenvalue weighted by Crippen LogP contribution is 2.34. The summed E-state index contributed by atoms with van der Waals surface area (Å²) >= 11 is 1.64.